The molecule has 122 valence electrons. The van der Waals surface area contributed by atoms with Gasteiger partial charge in [-0.15, -0.1) is 11.3 Å². The number of halogens is 1. The number of thiophene rings is 1. The van der Waals surface area contributed by atoms with Crippen molar-refractivity contribution in [2.75, 3.05) is 25.6 Å². The maximum absolute atomic E-state index is 12.2. The molecule has 1 aromatic carbocycles. The second-order valence-corrected chi connectivity index (χ2v) is 5.93. The number of anilines is 1. The van der Waals surface area contributed by atoms with Crippen LogP contribution in [0.15, 0.2) is 30.3 Å². The Bertz CT molecular complexity index is 716. The molecule has 0 bridgehead atoms. The van der Waals surface area contributed by atoms with Crippen molar-refractivity contribution in [3.05, 3.63) is 45.1 Å². The van der Waals surface area contributed by atoms with Crippen LogP contribution in [0.1, 0.15) is 19.3 Å². The Labute approximate surface area is 141 Å². The van der Waals surface area contributed by atoms with Gasteiger partial charge in [0.25, 0.3) is 5.91 Å². The molecule has 0 fully saturated rings. The first kappa shape index (κ1) is 17.3. The summed E-state index contributed by atoms with van der Waals surface area (Å²) in [4.78, 5) is 23.5. The summed E-state index contributed by atoms with van der Waals surface area (Å²) in [5, 5.41) is 12.0. The Kier molecular flexibility index (Phi) is 5.97. The number of hydrogen-bond acceptors (Lipinski definition) is 5. The lowest BCUT2D eigenvalue weighted by molar-refractivity contribution is 0.0702. The molecule has 0 radical (unpaired) electrons. The van der Waals surface area contributed by atoms with Crippen molar-refractivity contribution in [1.29, 1.82) is 0 Å². The van der Waals surface area contributed by atoms with Crippen LogP contribution in [0.5, 0.6) is 5.75 Å². The number of carboxylic acid groups (broad SMARTS) is 1. The SMILES string of the molecule is COCCOc1ccc(Cl)cc1NC(=O)c1ccc(C(=O)O)s1. The number of carboxylic acids is 1. The second kappa shape index (κ2) is 7.96. The summed E-state index contributed by atoms with van der Waals surface area (Å²) >= 11 is 6.84. The van der Waals surface area contributed by atoms with Crippen molar-refractivity contribution in [3.8, 4) is 5.75 Å². The van der Waals surface area contributed by atoms with Gasteiger partial charge in [0.1, 0.15) is 17.2 Å². The van der Waals surface area contributed by atoms with Crippen LogP contribution in [0.4, 0.5) is 5.69 Å². The molecule has 0 unspecified atom stereocenters. The Balaban J connectivity index is 2.15. The lowest BCUT2D eigenvalue weighted by Crippen LogP contribution is -2.12. The van der Waals surface area contributed by atoms with Crippen LogP contribution >= 0.6 is 22.9 Å². The predicted molar refractivity (Wildman–Crippen MR) is 88.1 cm³/mol. The summed E-state index contributed by atoms with van der Waals surface area (Å²) < 4.78 is 10.4. The number of carbonyl (C=O) groups is 2. The van der Waals surface area contributed by atoms with Crippen LogP contribution in [0.2, 0.25) is 5.02 Å². The maximum Gasteiger partial charge on any atom is 0.345 e. The van der Waals surface area contributed by atoms with Gasteiger partial charge in [0, 0.05) is 12.1 Å². The van der Waals surface area contributed by atoms with E-state index in [4.69, 9.17) is 26.2 Å². The summed E-state index contributed by atoms with van der Waals surface area (Å²) in [7, 11) is 1.56. The van der Waals surface area contributed by atoms with Crippen LogP contribution in [0.25, 0.3) is 0 Å². The number of carbonyl (C=O) groups excluding carboxylic acids is 1. The van der Waals surface area contributed by atoms with E-state index >= 15 is 0 Å². The quantitative estimate of drug-likeness (QED) is 0.744. The molecule has 8 heteroatoms. The molecule has 0 aliphatic heterocycles. The zero-order valence-electron chi connectivity index (χ0n) is 12.2. The van der Waals surface area contributed by atoms with Gasteiger partial charge in [0.2, 0.25) is 0 Å². The normalized spacial score (nSPS) is 10.3. The molecule has 0 atom stereocenters. The molecule has 1 aromatic heterocycles. The number of hydrogen-bond donors (Lipinski definition) is 2. The first-order valence-corrected chi connectivity index (χ1v) is 7.76. The molecule has 0 saturated heterocycles. The fraction of sp³-hybridized carbons (Fsp3) is 0.200. The number of ether oxygens (including phenoxy) is 2. The third-order valence-electron chi connectivity index (χ3n) is 2.78. The number of nitrogens with one attached hydrogen (secondary N) is 1. The van der Waals surface area contributed by atoms with Crippen LogP contribution in [0.3, 0.4) is 0 Å². The molecule has 2 rings (SSSR count). The minimum atomic E-state index is -1.07. The van der Waals surface area contributed by atoms with Crippen molar-refractivity contribution >= 4 is 40.5 Å². The van der Waals surface area contributed by atoms with Gasteiger partial charge in [-0.2, -0.15) is 0 Å². The van der Waals surface area contributed by atoms with Crippen LogP contribution in [-0.2, 0) is 4.74 Å². The molecule has 6 nitrogen and oxygen atoms in total. The third-order valence-corrected chi connectivity index (χ3v) is 4.08. The molecule has 0 aliphatic rings. The highest BCUT2D eigenvalue weighted by atomic mass is 35.5. The van der Waals surface area contributed by atoms with E-state index in [0.717, 1.165) is 11.3 Å². The Morgan fingerprint density at radius 3 is 2.61 bits per heavy atom. The molecule has 0 spiro atoms. The zero-order chi connectivity index (χ0) is 16.8. The van der Waals surface area contributed by atoms with E-state index in [1.807, 2.05) is 0 Å². The molecular weight excluding hydrogens is 342 g/mol. The monoisotopic (exact) mass is 355 g/mol. The van der Waals surface area contributed by atoms with Crippen LogP contribution in [-0.4, -0.2) is 37.3 Å². The number of methoxy groups -OCH3 is 1. The van der Waals surface area contributed by atoms with Gasteiger partial charge >= 0.3 is 5.97 Å². The minimum Gasteiger partial charge on any atom is -0.489 e. The van der Waals surface area contributed by atoms with Crippen molar-refractivity contribution in [2.45, 2.75) is 0 Å². The lowest BCUT2D eigenvalue weighted by atomic mass is 10.3. The lowest BCUT2D eigenvalue weighted by Gasteiger charge is -2.12. The fourth-order valence-corrected chi connectivity index (χ4v) is 2.63. The first-order valence-electron chi connectivity index (χ1n) is 6.57. The Morgan fingerprint density at radius 2 is 1.96 bits per heavy atom. The average molecular weight is 356 g/mol. The number of aromatic carboxylic acids is 1. The topological polar surface area (TPSA) is 84.9 Å². The molecular formula is C15H14ClNO5S. The van der Waals surface area contributed by atoms with E-state index in [-0.39, 0.29) is 9.75 Å². The van der Waals surface area contributed by atoms with Crippen LogP contribution < -0.4 is 10.1 Å². The van der Waals surface area contributed by atoms with Gasteiger partial charge < -0.3 is 19.9 Å². The number of rotatable bonds is 7. The van der Waals surface area contributed by atoms with Gasteiger partial charge in [0.15, 0.2) is 0 Å². The van der Waals surface area contributed by atoms with E-state index in [9.17, 15) is 9.59 Å². The first-order chi connectivity index (χ1) is 11.0. The standard InChI is InChI=1S/C15H14ClNO5S/c1-21-6-7-22-11-3-2-9(16)8-10(11)17-14(18)12-4-5-13(23-12)15(19)20/h2-5,8H,6-7H2,1H3,(H,17,18)(H,19,20). The van der Waals surface area contributed by atoms with E-state index in [0.29, 0.717) is 29.7 Å². The van der Waals surface area contributed by atoms with Gasteiger partial charge in [-0.25, -0.2) is 4.79 Å². The van der Waals surface area contributed by atoms with Crippen molar-refractivity contribution < 1.29 is 24.2 Å². The predicted octanol–water partition coefficient (Wildman–Crippen LogP) is 3.38. The zero-order valence-corrected chi connectivity index (χ0v) is 13.7. The highest BCUT2D eigenvalue weighted by molar-refractivity contribution is 7.15. The molecule has 2 N–H and O–H groups in total. The summed E-state index contributed by atoms with van der Waals surface area (Å²) in [6.07, 6.45) is 0. The summed E-state index contributed by atoms with van der Waals surface area (Å²) in [6, 6.07) is 7.69. The van der Waals surface area contributed by atoms with Crippen molar-refractivity contribution in [1.82, 2.24) is 0 Å². The third kappa shape index (κ3) is 4.69. The van der Waals surface area contributed by atoms with Crippen molar-refractivity contribution in [3.63, 3.8) is 0 Å². The van der Waals surface area contributed by atoms with Crippen LogP contribution in [0, 0.1) is 0 Å². The highest BCUT2D eigenvalue weighted by Crippen LogP contribution is 2.29. The summed E-state index contributed by atoms with van der Waals surface area (Å²) in [5.41, 5.74) is 0.406. The summed E-state index contributed by atoms with van der Waals surface area (Å²) in [6.45, 7) is 0.728. The number of amides is 1. The van der Waals surface area contributed by atoms with E-state index in [1.54, 1.807) is 25.3 Å². The van der Waals surface area contributed by atoms with Gasteiger partial charge in [-0.3, -0.25) is 4.79 Å². The van der Waals surface area contributed by atoms with E-state index in [2.05, 4.69) is 5.32 Å². The van der Waals surface area contributed by atoms with Gasteiger partial charge in [0.05, 0.1) is 17.2 Å². The average Bonchev–Trinajstić information content (AvgIpc) is 3.00. The largest absolute Gasteiger partial charge is 0.489 e. The molecule has 23 heavy (non-hydrogen) atoms. The Hall–Kier alpha value is -2.09. The highest BCUT2D eigenvalue weighted by Gasteiger charge is 2.15. The van der Waals surface area contributed by atoms with Gasteiger partial charge in [-0.05, 0) is 30.3 Å². The fourth-order valence-electron chi connectivity index (χ4n) is 1.72. The van der Waals surface area contributed by atoms with Crippen molar-refractivity contribution in [2.24, 2.45) is 0 Å². The summed E-state index contributed by atoms with van der Waals surface area (Å²) in [5.74, 6) is -1.04. The van der Waals surface area contributed by atoms with E-state index < -0.39 is 11.9 Å². The molecule has 0 saturated carbocycles. The molecule has 1 amide bonds. The number of benzene rings is 1. The van der Waals surface area contributed by atoms with E-state index in [1.165, 1.54) is 12.1 Å². The van der Waals surface area contributed by atoms with Gasteiger partial charge in [-0.1, -0.05) is 11.6 Å². The molecule has 0 aliphatic carbocycles. The molecule has 1 heterocycles. The Morgan fingerprint density at radius 1 is 1.22 bits per heavy atom. The second-order valence-electron chi connectivity index (χ2n) is 4.40. The minimum absolute atomic E-state index is 0.0952. The molecule has 2 aromatic rings. The smallest absolute Gasteiger partial charge is 0.345 e. The maximum atomic E-state index is 12.2.